The third-order valence-electron chi connectivity index (χ3n) is 3.80. The first-order valence-electron chi connectivity index (χ1n) is 8.02. The van der Waals surface area contributed by atoms with Gasteiger partial charge in [0, 0.05) is 17.9 Å². The molecular formula is C17H20Br4O4. The molecule has 1 N–H and O–H groups in total. The molecule has 0 aromatic heterocycles. The molecule has 0 aliphatic carbocycles. The summed E-state index contributed by atoms with van der Waals surface area (Å²) in [4.78, 5) is 24.3. The lowest BCUT2D eigenvalue weighted by molar-refractivity contribution is 0.0415. The minimum atomic E-state index is -1.20. The van der Waals surface area contributed by atoms with Gasteiger partial charge in [-0.15, -0.1) is 0 Å². The van der Waals surface area contributed by atoms with E-state index < -0.39 is 11.9 Å². The van der Waals surface area contributed by atoms with Crippen molar-refractivity contribution in [3.63, 3.8) is 0 Å². The second kappa shape index (κ2) is 11.0. The normalized spacial score (nSPS) is 12.1. The summed E-state index contributed by atoms with van der Waals surface area (Å²) in [5, 5.41) is 9.52. The van der Waals surface area contributed by atoms with Gasteiger partial charge in [0.25, 0.3) is 0 Å². The Morgan fingerprint density at radius 3 is 1.96 bits per heavy atom. The maximum absolute atomic E-state index is 12.6. The highest BCUT2D eigenvalue weighted by atomic mass is 79.9. The first kappa shape index (κ1) is 23.1. The van der Waals surface area contributed by atoms with Crippen molar-refractivity contribution in [2.75, 3.05) is 6.61 Å². The molecule has 0 aliphatic rings. The van der Waals surface area contributed by atoms with E-state index in [0.717, 1.165) is 32.1 Å². The molecule has 0 saturated carbocycles. The fourth-order valence-corrected chi connectivity index (χ4v) is 4.95. The lowest BCUT2D eigenvalue weighted by Gasteiger charge is -2.18. The average Bonchev–Trinajstić information content (AvgIpc) is 2.57. The summed E-state index contributed by atoms with van der Waals surface area (Å²) in [6.45, 7) is 4.52. The van der Waals surface area contributed by atoms with Gasteiger partial charge in [0.15, 0.2) is 0 Å². The zero-order chi connectivity index (χ0) is 19.1. The van der Waals surface area contributed by atoms with Gasteiger partial charge in [0.05, 0.1) is 17.7 Å². The molecule has 1 atom stereocenters. The smallest absolute Gasteiger partial charge is 0.340 e. The van der Waals surface area contributed by atoms with Gasteiger partial charge in [-0.3, -0.25) is 0 Å². The summed E-state index contributed by atoms with van der Waals surface area (Å²) in [5.74, 6) is -1.55. The summed E-state index contributed by atoms with van der Waals surface area (Å²) >= 11 is 13.2. The third-order valence-corrected chi connectivity index (χ3v) is 8.57. The van der Waals surface area contributed by atoms with E-state index in [0.29, 0.717) is 25.9 Å². The van der Waals surface area contributed by atoms with Gasteiger partial charge in [0.1, 0.15) is 0 Å². The molecule has 1 unspecified atom stereocenters. The molecule has 0 spiro atoms. The number of ether oxygens (including phenoxy) is 1. The highest BCUT2D eigenvalue weighted by Gasteiger charge is 2.29. The Hall–Kier alpha value is 0.0800. The van der Waals surface area contributed by atoms with E-state index in [-0.39, 0.29) is 15.6 Å². The van der Waals surface area contributed by atoms with Gasteiger partial charge in [-0.05, 0) is 82.5 Å². The van der Waals surface area contributed by atoms with Crippen LogP contribution in [0.1, 0.15) is 66.7 Å². The van der Waals surface area contributed by atoms with Crippen molar-refractivity contribution in [2.24, 2.45) is 5.92 Å². The largest absolute Gasteiger partial charge is 0.478 e. The monoisotopic (exact) mass is 604 g/mol. The molecule has 0 fully saturated rings. The fraction of sp³-hybridized carbons (Fsp3) is 0.529. The minimum Gasteiger partial charge on any atom is -0.478 e. The molecule has 0 bridgehead atoms. The van der Waals surface area contributed by atoms with Gasteiger partial charge in [0.2, 0.25) is 0 Å². The van der Waals surface area contributed by atoms with Crippen molar-refractivity contribution in [3.8, 4) is 0 Å². The maximum atomic E-state index is 12.6. The van der Waals surface area contributed by atoms with Crippen LogP contribution in [-0.2, 0) is 4.74 Å². The van der Waals surface area contributed by atoms with Crippen LogP contribution < -0.4 is 0 Å². The van der Waals surface area contributed by atoms with Crippen molar-refractivity contribution < 1.29 is 19.4 Å². The predicted molar refractivity (Wildman–Crippen MR) is 112 cm³/mol. The van der Waals surface area contributed by atoms with Gasteiger partial charge < -0.3 is 9.84 Å². The van der Waals surface area contributed by atoms with Gasteiger partial charge >= 0.3 is 11.9 Å². The summed E-state index contributed by atoms with van der Waals surface area (Å²) in [6, 6.07) is 0. The molecule has 1 aromatic rings. The van der Waals surface area contributed by atoms with Crippen LogP contribution in [0.3, 0.4) is 0 Å². The number of carbonyl (C=O) groups excluding carboxylic acids is 1. The molecule has 25 heavy (non-hydrogen) atoms. The number of rotatable bonds is 9. The lowest BCUT2D eigenvalue weighted by atomic mass is 9.98. The van der Waals surface area contributed by atoms with E-state index in [1.54, 1.807) is 0 Å². The first-order valence-corrected chi connectivity index (χ1v) is 11.2. The molecule has 0 aliphatic heterocycles. The second-order valence-corrected chi connectivity index (χ2v) is 8.88. The molecule has 0 radical (unpaired) electrons. The van der Waals surface area contributed by atoms with Gasteiger partial charge in [-0.1, -0.05) is 33.1 Å². The number of carboxylic acids is 1. The van der Waals surface area contributed by atoms with E-state index in [1.165, 1.54) is 0 Å². The zero-order valence-corrected chi connectivity index (χ0v) is 20.3. The standard InChI is InChI=1S/C17H20Br4O4/c1-3-5-7-9(6-4-2)8-25-17(24)11-10(16(22)23)12(18)14(20)15(21)13(11)19/h9H,3-8H2,1-2H3,(H,22,23). The van der Waals surface area contributed by atoms with Crippen molar-refractivity contribution >= 4 is 75.7 Å². The number of hydrogen-bond acceptors (Lipinski definition) is 3. The zero-order valence-electron chi connectivity index (χ0n) is 14.0. The molecule has 0 heterocycles. The number of carboxylic acid groups (broad SMARTS) is 1. The highest BCUT2D eigenvalue weighted by Crippen LogP contribution is 2.42. The Kier molecular flexibility index (Phi) is 10.2. The van der Waals surface area contributed by atoms with Crippen LogP contribution in [0, 0.1) is 5.92 Å². The summed E-state index contributed by atoms with van der Waals surface area (Å²) in [5.41, 5.74) is -0.132. The van der Waals surface area contributed by atoms with Crippen molar-refractivity contribution in [2.45, 2.75) is 46.0 Å². The van der Waals surface area contributed by atoms with Crippen LogP contribution in [0.5, 0.6) is 0 Å². The predicted octanol–water partition coefficient (Wildman–Crippen LogP) is 7.20. The van der Waals surface area contributed by atoms with E-state index in [4.69, 9.17) is 4.74 Å². The molecule has 1 rings (SSSR count). The van der Waals surface area contributed by atoms with Crippen LogP contribution in [0.15, 0.2) is 17.9 Å². The number of unbranched alkanes of at least 4 members (excludes halogenated alkanes) is 1. The number of halogens is 4. The minimum absolute atomic E-state index is 0.000176. The summed E-state index contributed by atoms with van der Waals surface area (Å²) in [7, 11) is 0. The number of hydrogen-bond donors (Lipinski definition) is 1. The van der Waals surface area contributed by atoms with E-state index in [1.807, 2.05) is 0 Å². The van der Waals surface area contributed by atoms with E-state index in [2.05, 4.69) is 77.6 Å². The Bertz CT molecular complexity index is 646. The molecule has 0 amide bonds. The van der Waals surface area contributed by atoms with Gasteiger partial charge in [-0.2, -0.15) is 0 Å². The Labute approximate surface area is 181 Å². The lowest BCUT2D eigenvalue weighted by Crippen LogP contribution is -2.18. The average molecular weight is 608 g/mol. The molecule has 8 heteroatoms. The first-order chi connectivity index (χ1) is 11.8. The van der Waals surface area contributed by atoms with Crippen LogP contribution >= 0.6 is 63.7 Å². The quantitative estimate of drug-likeness (QED) is 0.183. The SMILES string of the molecule is CCCCC(CCC)COC(=O)c1c(Br)c(Br)c(Br)c(Br)c1C(=O)O. The van der Waals surface area contributed by atoms with Crippen LogP contribution in [-0.4, -0.2) is 23.7 Å². The van der Waals surface area contributed by atoms with Crippen molar-refractivity contribution in [3.05, 3.63) is 29.0 Å². The molecular weight excluding hydrogens is 588 g/mol. The summed E-state index contributed by atoms with van der Waals surface area (Å²) < 4.78 is 7.18. The molecule has 140 valence electrons. The topological polar surface area (TPSA) is 63.6 Å². The highest BCUT2D eigenvalue weighted by molar-refractivity contribution is 9.15. The Morgan fingerprint density at radius 1 is 0.920 bits per heavy atom. The fourth-order valence-electron chi connectivity index (χ4n) is 2.50. The Balaban J connectivity index is 3.10. The van der Waals surface area contributed by atoms with Gasteiger partial charge in [-0.25, -0.2) is 9.59 Å². The second-order valence-electron chi connectivity index (χ2n) is 5.71. The Morgan fingerprint density at radius 2 is 1.48 bits per heavy atom. The maximum Gasteiger partial charge on any atom is 0.340 e. The van der Waals surface area contributed by atoms with Crippen molar-refractivity contribution in [1.82, 2.24) is 0 Å². The molecule has 4 nitrogen and oxygen atoms in total. The van der Waals surface area contributed by atoms with Crippen LogP contribution in [0.25, 0.3) is 0 Å². The van der Waals surface area contributed by atoms with E-state index >= 15 is 0 Å². The molecule has 0 saturated heterocycles. The summed E-state index contributed by atoms with van der Waals surface area (Å²) in [6.07, 6.45) is 5.18. The number of benzene rings is 1. The third kappa shape index (κ3) is 6.04. The van der Waals surface area contributed by atoms with Crippen LogP contribution in [0.4, 0.5) is 0 Å². The van der Waals surface area contributed by atoms with E-state index in [9.17, 15) is 14.7 Å². The molecule has 1 aromatic carbocycles. The van der Waals surface area contributed by atoms with Crippen LogP contribution in [0.2, 0.25) is 0 Å². The number of carbonyl (C=O) groups is 2. The van der Waals surface area contributed by atoms with Crippen molar-refractivity contribution in [1.29, 1.82) is 0 Å². The number of esters is 1. The number of aromatic carboxylic acids is 1.